The molecule has 7 heteroatoms. The van der Waals surface area contributed by atoms with Crippen LogP contribution in [-0.2, 0) is 9.53 Å². The highest BCUT2D eigenvalue weighted by molar-refractivity contribution is 5.99. The molecule has 0 bridgehead atoms. The molecule has 1 aliphatic heterocycles. The van der Waals surface area contributed by atoms with Gasteiger partial charge in [0.15, 0.2) is 0 Å². The predicted octanol–water partition coefficient (Wildman–Crippen LogP) is 2.31. The number of aliphatic imine (C=N–C) groups is 1. The number of carboxylic acid groups (broad SMARTS) is 1. The zero-order valence-corrected chi connectivity index (χ0v) is 13.9. The molecule has 0 saturated carbocycles. The van der Waals surface area contributed by atoms with E-state index in [2.05, 4.69) is 10.3 Å². The van der Waals surface area contributed by atoms with Gasteiger partial charge in [-0.1, -0.05) is 30.3 Å². The normalized spacial score (nSPS) is 14.5. The van der Waals surface area contributed by atoms with E-state index in [9.17, 15) is 9.59 Å². The molecule has 0 fully saturated rings. The number of benzene rings is 1. The average molecular weight is 331 g/mol. The van der Waals surface area contributed by atoms with Crippen molar-refractivity contribution in [3.8, 4) is 0 Å². The fourth-order valence-electron chi connectivity index (χ4n) is 2.19. The van der Waals surface area contributed by atoms with Crippen molar-refractivity contribution in [1.82, 2.24) is 10.2 Å². The number of alkyl carbamates (subject to hydrolysis) is 1. The van der Waals surface area contributed by atoms with Crippen molar-refractivity contribution in [3.05, 3.63) is 42.1 Å². The molecular weight excluding hydrogens is 310 g/mol. The Kier molecular flexibility index (Phi) is 5.23. The lowest BCUT2D eigenvalue weighted by Crippen LogP contribution is -2.44. The first kappa shape index (κ1) is 17.5. The third-order valence-corrected chi connectivity index (χ3v) is 3.06. The molecule has 1 aromatic rings. The van der Waals surface area contributed by atoms with Crippen molar-refractivity contribution in [2.45, 2.75) is 26.4 Å². The first-order valence-corrected chi connectivity index (χ1v) is 7.53. The van der Waals surface area contributed by atoms with Gasteiger partial charge in [0.25, 0.3) is 0 Å². The number of nitrogens with one attached hydrogen (secondary N) is 1. The Balaban J connectivity index is 2.18. The van der Waals surface area contributed by atoms with Crippen LogP contribution < -0.4 is 5.32 Å². The molecule has 0 aliphatic carbocycles. The number of rotatable bonds is 3. The van der Waals surface area contributed by atoms with Gasteiger partial charge in [-0.15, -0.1) is 0 Å². The Morgan fingerprint density at radius 2 is 1.96 bits per heavy atom. The summed E-state index contributed by atoms with van der Waals surface area (Å²) >= 11 is 0. The van der Waals surface area contributed by atoms with Crippen LogP contribution >= 0.6 is 0 Å². The fraction of sp³-hybridized carbons (Fsp3) is 0.353. The van der Waals surface area contributed by atoms with E-state index < -0.39 is 17.7 Å². The van der Waals surface area contributed by atoms with E-state index >= 15 is 0 Å². The number of carboxylic acids is 1. The Bertz CT molecular complexity index is 675. The van der Waals surface area contributed by atoms with E-state index in [1.807, 2.05) is 30.3 Å². The van der Waals surface area contributed by atoms with Gasteiger partial charge in [-0.2, -0.15) is 0 Å². The molecule has 2 rings (SSSR count). The quantitative estimate of drug-likeness (QED) is 0.887. The molecule has 0 radical (unpaired) electrons. The molecule has 1 aromatic carbocycles. The highest BCUT2D eigenvalue weighted by Crippen LogP contribution is 2.21. The molecular formula is C17H21N3O4. The number of carbonyl (C=O) groups is 2. The molecule has 1 amide bonds. The number of hydrogen-bond acceptors (Lipinski definition) is 5. The van der Waals surface area contributed by atoms with E-state index in [4.69, 9.17) is 9.84 Å². The van der Waals surface area contributed by atoms with Crippen LogP contribution in [0, 0.1) is 0 Å². The van der Waals surface area contributed by atoms with Crippen LogP contribution in [0.25, 0.3) is 5.70 Å². The van der Waals surface area contributed by atoms with Crippen LogP contribution in [-0.4, -0.2) is 46.6 Å². The highest BCUT2D eigenvalue weighted by Gasteiger charge is 2.23. The van der Waals surface area contributed by atoms with Gasteiger partial charge in [0, 0.05) is 0 Å². The SMILES string of the molecule is CC(C)(C)OC(=O)NC1=NC=C(c2ccccc2)N(CC(=O)O)C1. The molecule has 24 heavy (non-hydrogen) atoms. The second kappa shape index (κ2) is 7.16. The summed E-state index contributed by atoms with van der Waals surface area (Å²) in [6.07, 6.45) is 0.933. The second-order valence-electron chi connectivity index (χ2n) is 6.33. The van der Waals surface area contributed by atoms with Gasteiger partial charge < -0.3 is 14.7 Å². The summed E-state index contributed by atoms with van der Waals surface area (Å²) in [4.78, 5) is 28.8. The summed E-state index contributed by atoms with van der Waals surface area (Å²) in [5, 5.41) is 11.7. The molecule has 1 aliphatic rings. The van der Waals surface area contributed by atoms with Crippen LogP contribution in [0.5, 0.6) is 0 Å². The summed E-state index contributed by atoms with van der Waals surface area (Å²) in [7, 11) is 0. The maximum Gasteiger partial charge on any atom is 0.413 e. The molecule has 0 saturated heterocycles. The minimum Gasteiger partial charge on any atom is -0.480 e. The van der Waals surface area contributed by atoms with Crippen molar-refractivity contribution < 1.29 is 19.4 Å². The van der Waals surface area contributed by atoms with E-state index in [0.29, 0.717) is 11.5 Å². The van der Waals surface area contributed by atoms with Crippen molar-refractivity contribution in [3.63, 3.8) is 0 Å². The number of amides is 1. The second-order valence-corrected chi connectivity index (χ2v) is 6.33. The minimum absolute atomic E-state index is 0.173. The van der Waals surface area contributed by atoms with E-state index in [1.165, 1.54) is 0 Å². The van der Waals surface area contributed by atoms with Gasteiger partial charge in [0.1, 0.15) is 18.0 Å². The lowest BCUT2D eigenvalue weighted by molar-refractivity contribution is -0.137. The summed E-state index contributed by atoms with van der Waals surface area (Å²) in [6.45, 7) is 5.26. The number of nitrogens with zero attached hydrogens (tertiary/aromatic N) is 2. The number of hydrogen-bond donors (Lipinski definition) is 2. The van der Waals surface area contributed by atoms with Crippen LogP contribution in [0.2, 0.25) is 0 Å². The maximum absolute atomic E-state index is 11.8. The monoisotopic (exact) mass is 331 g/mol. The summed E-state index contributed by atoms with van der Waals surface area (Å²) < 4.78 is 5.18. The van der Waals surface area contributed by atoms with Crippen LogP contribution in [0.1, 0.15) is 26.3 Å². The molecule has 1 heterocycles. The van der Waals surface area contributed by atoms with Crippen LogP contribution in [0.15, 0.2) is 41.5 Å². The zero-order valence-electron chi connectivity index (χ0n) is 13.9. The predicted molar refractivity (Wildman–Crippen MR) is 90.4 cm³/mol. The summed E-state index contributed by atoms with van der Waals surface area (Å²) in [5.74, 6) is -0.625. The van der Waals surface area contributed by atoms with Gasteiger partial charge >= 0.3 is 12.1 Å². The third kappa shape index (κ3) is 5.12. The van der Waals surface area contributed by atoms with Gasteiger partial charge in [-0.05, 0) is 26.3 Å². The molecule has 0 aromatic heterocycles. The number of amidine groups is 1. The van der Waals surface area contributed by atoms with Crippen molar-refractivity contribution >= 4 is 23.6 Å². The molecule has 0 spiro atoms. The third-order valence-electron chi connectivity index (χ3n) is 3.06. The Morgan fingerprint density at radius 3 is 2.54 bits per heavy atom. The lowest BCUT2D eigenvalue weighted by atomic mass is 10.1. The molecule has 0 atom stereocenters. The Labute approximate surface area is 140 Å². The minimum atomic E-state index is -0.963. The summed E-state index contributed by atoms with van der Waals surface area (Å²) in [5.41, 5.74) is 0.928. The topological polar surface area (TPSA) is 91.2 Å². The van der Waals surface area contributed by atoms with Gasteiger partial charge in [-0.25, -0.2) is 9.79 Å². The summed E-state index contributed by atoms with van der Waals surface area (Å²) in [6, 6.07) is 9.37. The van der Waals surface area contributed by atoms with E-state index in [0.717, 1.165) is 5.56 Å². The number of aliphatic carboxylic acids is 1. The average Bonchev–Trinajstić information content (AvgIpc) is 2.45. The zero-order chi connectivity index (χ0) is 17.7. The first-order valence-electron chi connectivity index (χ1n) is 7.53. The van der Waals surface area contributed by atoms with Crippen LogP contribution in [0.3, 0.4) is 0 Å². The number of ether oxygens (including phenoxy) is 1. The molecule has 7 nitrogen and oxygen atoms in total. The van der Waals surface area contributed by atoms with Crippen molar-refractivity contribution in [2.75, 3.05) is 13.1 Å². The standard InChI is InChI=1S/C17H21N3O4/c1-17(2,3)24-16(23)19-14-10-20(11-15(21)22)13(9-18-14)12-7-5-4-6-8-12/h4-9H,10-11H2,1-3H3,(H,21,22)(H,18,19,23). The smallest absolute Gasteiger partial charge is 0.413 e. The van der Waals surface area contributed by atoms with Crippen LogP contribution in [0.4, 0.5) is 4.79 Å². The van der Waals surface area contributed by atoms with Gasteiger partial charge in [0.2, 0.25) is 0 Å². The van der Waals surface area contributed by atoms with E-state index in [-0.39, 0.29) is 13.1 Å². The van der Waals surface area contributed by atoms with Crippen molar-refractivity contribution in [1.29, 1.82) is 0 Å². The number of carbonyl (C=O) groups excluding carboxylic acids is 1. The molecule has 0 unspecified atom stereocenters. The Hall–Kier alpha value is -2.83. The fourth-order valence-corrected chi connectivity index (χ4v) is 2.19. The highest BCUT2D eigenvalue weighted by atomic mass is 16.6. The van der Waals surface area contributed by atoms with E-state index in [1.54, 1.807) is 31.9 Å². The van der Waals surface area contributed by atoms with Gasteiger partial charge in [-0.3, -0.25) is 10.1 Å². The molecule has 128 valence electrons. The lowest BCUT2D eigenvalue weighted by Gasteiger charge is -2.29. The Morgan fingerprint density at radius 1 is 1.29 bits per heavy atom. The largest absolute Gasteiger partial charge is 0.480 e. The van der Waals surface area contributed by atoms with Crippen molar-refractivity contribution in [2.24, 2.45) is 4.99 Å². The van der Waals surface area contributed by atoms with Gasteiger partial charge in [0.05, 0.1) is 18.4 Å². The maximum atomic E-state index is 11.8. The molecule has 2 N–H and O–H groups in total. The first-order chi connectivity index (χ1) is 11.2.